The molecule has 0 saturated heterocycles. The van der Waals surface area contributed by atoms with Crippen LogP contribution in [0.25, 0.3) is 5.65 Å². The molecule has 0 radical (unpaired) electrons. The van der Waals surface area contributed by atoms with Crippen LogP contribution >= 0.6 is 0 Å². The van der Waals surface area contributed by atoms with Crippen LogP contribution in [0.4, 0.5) is 11.4 Å². The molecular formula is C18H16N6O3. The number of nitro benzene ring substituents is 1. The predicted molar refractivity (Wildman–Crippen MR) is 97.2 cm³/mol. The van der Waals surface area contributed by atoms with Gasteiger partial charge in [-0.25, -0.2) is 9.50 Å². The van der Waals surface area contributed by atoms with E-state index in [9.17, 15) is 14.9 Å². The van der Waals surface area contributed by atoms with Crippen molar-refractivity contribution in [2.45, 2.75) is 26.7 Å². The van der Waals surface area contributed by atoms with Crippen molar-refractivity contribution in [1.29, 1.82) is 5.26 Å². The molecule has 0 atom stereocenters. The van der Waals surface area contributed by atoms with Gasteiger partial charge in [-0.05, 0) is 31.9 Å². The van der Waals surface area contributed by atoms with Crippen LogP contribution in [-0.4, -0.2) is 25.4 Å². The Kier molecular flexibility index (Phi) is 4.81. The van der Waals surface area contributed by atoms with Crippen LogP contribution in [0.3, 0.4) is 0 Å². The van der Waals surface area contributed by atoms with E-state index in [0.717, 1.165) is 17.0 Å². The standard InChI is InChI=1S/C18H16N6O3/c1-11-16(12(2)23-18(21-11)13(9-19)10-20-23)6-7-17(25)22-14-4-3-5-15(8-14)24(26)27/h3-5,8,10H,6-7H2,1-2H3,(H,22,25). The zero-order chi connectivity index (χ0) is 19.6. The van der Waals surface area contributed by atoms with Gasteiger partial charge in [0.1, 0.15) is 11.6 Å². The number of hydrogen-bond donors (Lipinski definition) is 1. The second-order valence-corrected chi connectivity index (χ2v) is 6.02. The molecule has 2 heterocycles. The van der Waals surface area contributed by atoms with E-state index in [-0.39, 0.29) is 18.0 Å². The van der Waals surface area contributed by atoms with Gasteiger partial charge in [0.05, 0.1) is 11.1 Å². The first-order valence-electron chi connectivity index (χ1n) is 8.19. The van der Waals surface area contributed by atoms with Crippen molar-refractivity contribution in [3.05, 3.63) is 63.1 Å². The van der Waals surface area contributed by atoms with E-state index in [1.165, 1.54) is 24.4 Å². The molecule has 0 bridgehead atoms. The molecule has 136 valence electrons. The van der Waals surface area contributed by atoms with Gasteiger partial charge in [0.2, 0.25) is 5.91 Å². The van der Waals surface area contributed by atoms with E-state index in [4.69, 9.17) is 5.26 Å². The van der Waals surface area contributed by atoms with Crippen LogP contribution in [0.5, 0.6) is 0 Å². The Bertz CT molecular complexity index is 1100. The Labute approximate surface area is 154 Å². The fraction of sp³-hybridized carbons (Fsp3) is 0.222. The number of rotatable bonds is 5. The van der Waals surface area contributed by atoms with Crippen LogP contribution in [0.1, 0.15) is 28.9 Å². The number of amides is 1. The third-order valence-electron chi connectivity index (χ3n) is 4.27. The minimum Gasteiger partial charge on any atom is -0.326 e. The SMILES string of the molecule is Cc1nc2c(C#N)cnn2c(C)c1CCC(=O)Nc1cccc([N+](=O)[O-])c1. The van der Waals surface area contributed by atoms with Crippen LogP contribution < -0.4 is 5.32 Å². The van der Waals surface area contributed by atoms with Crippen LogP contribution in [0, 0.1) is 35.3 Å². The molecule has 3 rings (SSSR count). The van der Waals surface area contributed by atoms with E-state index < -0.39 is 4.92 Å². The molecule has 27 heavy (non-hydrogen) atoms. The highest BCUT2D eigenvalue weighted by molar-refractivity contribution is 5.91. The quantitative estimate of drug-likeness (QED) is 0.548. The summed E-state index contributed by atoms with van der Waals surface area (Å²) in [6, 6.07) is 7.85. The number of nitrogens with zero attached hydrogens (tertiary/aromatic N) is 5. The Morgan fingerprint density at radius 1 is 1.41 bits per heavy atom. The molecule has 0 saturated carbocycles. The topological polar surface area (TPSA) is 126 Å². The lowest BCUT2D eigenvalue weighted by atomic mass is 10.1. The van der Waals surface area contributed by atoms with Gasteiger partial charge >= 0.3 is 0 Å². The van der Waals surface area contributed by atoms with Gasteiger partial charge < -0.3 is 5.32 Å². The summed E-state index contributed by atoms with van der Waals surface area (Å²) in [6.45, 7) is 3.69. The van der Waals surface area contributed by atoms with Crippen molar-refractivity contribution >= 4 is 22.9 Å². The first-order valence-corrected chi connectivity index (χ1v) is 8.19. The Morgan fingerprint density at radius 2 is 2.19 bits per heavy atom. The lowest BCUT2D eigenvalue weighted by Crippen LogP contribution is -2.14. The highest BCUT2D eigenvalue weighted by Crippen LogP contribution is 2.20. The van der Waals surface area contributed by atoms with Crippen molar-refractivity contribution in [3.63, 3.8) is 0 Å². The third-order valence-corrected chi connectivity index (χ3v) is 4.27. The molecule has 3 aromatic rings. The highest BCUT2D eigenvalue weighted by Gasteiger charge is 2.15. The largest absolute Gasteiger partial charge is 0.326 e. The van der Waals surface area contributed by atoms with Gasteiger partial charge in [-0.2, -0.15) is 10.4 Å². The maximum Gasteiger partial charge on any atom is 0.271 e. The van der Waals surface area contributed by atoms with E-state index in [1.807, 2.05) is 13.8 Å². The Hall–Kier alpha value is -3.80. The summed E-state index contributed by atoms with van der Waals surface area (Å²) in [4.78, 5) is 27.0. The maximum absolute atomic E-state index is 12.2. The van der Waals surface area contributed by atoms with Gasteiger partial charge in [-0.1, -0.05) is 6.07 Å². The summed E-state index contributed by atoms with van der Waals surface area (Å²) in [5.74, 6) is -0.257. The lowest BCUT2D eigenvalue weighted by molar-refractivity contribution is -0.384. The van der Waals surface area contributed by atoms with Gasteiger partial charge in [0.25, 0.3) is 5.69 Å². The minimum absolute atomic E-state index is 0.0823. The number of hydrogen-bond acceptors (Lipinski definition) is 6. The number of benzene rings is 1. The van der Waals surface area contributed by atoms with Crippen molar-refractivity contribution in [2.75, 3.05) is 5.32 Å². The fourth-order valence-electron chi connectivity index (χ4n) is 2.91. The second kappa shape index (κ2) is 7.21. The fourth-order valence-corrected chi connectivity index (χ4v) is 2.91. The number of nitrogens with one attached hydrogen (secondary N) is 1. The molecule has 0 spiro atoms. The minimum atomic E-state index is -0.511. The number of non-ortho nitro benzene ring substituents is 1. The first kappa shape index (κ1) is 18.0. The molecule has 9 nitrogen and oxygen atoms in total. The zero-order valence-electron chi connectivity index (χ0n) is 14.8. The summed E-state index contributed by atoms with van der Waals surface area (Å²) < 4.78 is 1.60. The molecule has 0 aliphatic heterocycles. The summed E-state index contributed by atoms with van der Waals surface area (Å²) in [7, 11) is 0. The molecule has 0 aliphatic carbocycles. The molecule has 1 amide bonds. The van der Waals surface area contributed by atoms with E-state index >= 15 is 0 Å². The number of aromatic nitrogens is 3. The van der Waals surface area contributed by atoms with E-state index in [2.05, 4.69) is 21.5 Å². The van der Waals surface area contributed by atoms with Crippen LogP contribution in [0.2, 0.25) is 0 Å². The number of carbonyl (C=O) groups excluding carboxylic acids is 1. The van der Waals surface area contributed by atoms with Gasteiger partial charge in [-0.3, -0.25) is 14.9 Å². The van der Waals surface area contributed by atoms with Gasteiger partial charge in [0.15, 0.2) is 5.65 Å². The molecule has 2 aromatic heterocycles. The summed E-state index contributed by atoms with van der Waals surface area (Å²) >= 11 is 0. The van der Waals surface area contributed by atoms with Crippen LogP contribution in [0.15, 0.2) is 30.5 Å². The average Bonchev–Trinajstić information content (AvgIpc) is 3.04. The second-order valence-electron chi connectivity index (χ2n) is 6.02. The van der Waals surface area contributed by atoms with Gasteiger partial charge in [-0.15, -0.1) is 0 Å². The smallest absolute Gasteiger partial charge is 0.271 e. The van der Waals surface area contributed by atoms with E-state index in [0.29, 0.717) is 23.3 Å². The number of aryl methyl sites for hydroxylation is 2. The number of nitro groups is 1. The van der Waals surface area contributed by atoms with Crippen molar-refractivity contribution in [3.8, 4) is 6.07 Å². The molecule has 0 unspecified atom stereocenters. The number of nitriles is 1. The molecule has 0 fully saturated rings. The predicted octanol–water partition coefficient (Wildman–Crippen LogP) is 2.70. The monoisotopic (exact) mass is 364 g/mol. The molecular weight excluding hydrogens is 348 g/mol. The molecule has 9 heteroatoms. The summed E-state index contributed by atoms with van der Waals surface area (Å²) in [5.41, 5.74) is 3.63. The highest BCUT2D eigenvalue weighted by atomic mass is 16.6. The number of anilines is 1. The van der Waals surface area contributed by atoms with Crippen molar-refractivity contribution in [1.82, 2.24) is 14.6 Å². The van der Waals surface area contributed by atoms with Crippen LogP contribution in [-0.2, 0) is 11.2 Å². The molecule has 0 aliphatic rings. The molecule has 1 N–H and O–H groups in total. The van der Waals surface area contributed by atoms with Crippen molar-refractivity contribution in [2.24, 2.45) is 0 Å². The summed E-state index contributed by atoms with van der Waals surface area (Å²) in [6.07, 6.45) is 2.08. The van der Waals surface area contributed by atoms with E-state index in [1.54, 1.807) is 10.6 Å². The molecule has 1 aromatic carbocycles. The number of carbonyl (C=O) groups is 1. The lowest BCUT2D eigenvalue weighted by Gasteiger charge is -2.11. The third kappa shape index (κ3) is 3.59. The maximum atomic E-state index is 12.2. The zero-order valence-corrected chi connectivity index (χ0v) is 14.8. The number of fused-ring (bicyclic) bond motifs is 1. The normalized spacial score (nSPS) is 10.6. The summed E-state index contributed by atoms with van der Waals surface area (Å²) in [5, 5.41) is 26.8. The first-order chi connectivity index (χ1) is 12.9. The van der Waals surface area contributed by atoms with Crippen molar-refractivity contribution < 1.29 is 9.72 Å². The van der Waals surface area contributed by atoms with Gasteiger partial charge in [0, 0.05) is 35.6 Å². The Morgan fingerprint density at radius 3 is 2.89 bits per heavy atom. The average molecular weight is 364 g/mol. The Balaban J connectivity index is 1.75.